The molecule has 0 spiro atoms. The van der Waals surface area contributed by atoms with Crippen molar-refractivity contribution in [1.29, 1.82) is 0 Å². The number of hydrogen-bond acceptors (Lipinski definition) is 6. The molecule has 0 aliphatic heterocycles. The van der Waals surface area contributed by atoms with Gasteiger partial charge in [0.15, 0.2) is 0 Å². The zero-order valence-corrected chi connectivity index (χ0v) is 29.0. The van der Waals surface area contributed by atoms with Gasteiger partial charge in [0.25, 0.3) is 5.91 Å². The largest absolute Gasteiger partial charge is 0.465 e. The minimum Gasteiger partial charge on any atom is -0.465 e. The van der Waals surface area contributed by atoms with Crippen LogP contribution in [0.3, 0.4) is 0 Å². The summed E-state index contributed by atoms with van der Waals surface area (Å²) >= 11 is 0. The predicted molar refractivity (Wildman–Crippen MR) is 191 cm³/mol. The maximum Gasteiger partial charge on any atom is 0.337 e. The zero-order valence-electron chi connectivity index (χ0n) is 29.0. The number of ether oxygens (including phenoxy) is 1. The van der Waals surface area contributed by atoms with Gasteiger partial charge in [0.2, 0.25) is 17.7 Å². The van der Waals surface area contributed by atoms with Crippen molar-refractivity contribution in [3.05, 3.63) is 59.7 Å². The van der Waals surface area contributed by atoms with Crippen LogP contribution in [0, 0.1) is 0 Å². The molecule has 264 valence electrons. The minimum absolute atomic E-state index is 0.0168. The Balaban J connectivity index is 1.70. The fraction of sp³-hybridized carbons (Fsp3) is 0.553. The molecule has 0 aliphatic carbocycles. The Morgan fingerprint density at radius 3 is 1.77 bits per heavy atom. The summed E-state index contributed by atoms with van der Waals surface area (Å²) in [5.41, 5.74) is 6.71. The van der Waals surface area contributed by atoms with E-state index in [9.17, 15) is 24.0 Å². The summed E-state index contributed by atoms with van der Waals surface area (Å²) in [6.07, 6.45) is 19.4. The van der Waals surface area contributed by atoms with E-state index in [-0.39, 0.29) is 29.9 Å². The third-order valence-corrected chi connectivity index (χ3v) is 8.29. The van der Waals surface area contributed by atoms with Gasteiger partial charge < -0.3 is 26.4 Å². The molecule has 2 aromatic rings. The van der Waals surface area contributed by atoms with E-state index in [1.807, 2.05) is 0 Å². The second-order valence-corrected chi connectivity index (χ2v) is 12.4. The van der Waals surface area contributed by atoms with Gasteiger partial charge in [-0.15, -0.1) is 0 Å². The summed E-state index contributed by atoms with van der Waals surface area (Å²) in [5, 5.41) is 8.18. The first-order valence-corrected chi connectivity index (χ1v) is 17.7. The summed E-state index contributed by atoms with van der Waals surface area (Å²) in [6.45, 7) is 2.26. The molecule has 10 heteroatoms. The lowest BCUT2D eigenvalue weighted by Crippen LogP contribution is -2.44. The molecule has 0 unspecified atom stereocenters. The topological polar surface area (TPSA) is 157 Å². The number of methoxy groups -OCH3 is 1. The lowest BCUT2D eigenvalue weighted by atomic mass is 10.0. The molecular weight excluding hydrogens is 608 g/mol. The summed E-state index contributed by atoms with van der Waals surface area (Å²) in [6, 6.07) is 11.5. The highest BCUT2D eigenvalue weighted by Gasteiger charge is 2.23. The van der Waals surface area contributed by atoms with Crippen LogP contribution in [0.4, 0.5) is 11.4 Å². The molecule has 10 nitrogen and oxygen atoms in total. The summed E-state index contributed by atoms with van der Waals surface area (Å²) in [7, 11) is 1.26. The monoisotopic (exact) mass is 664 g/mol. The second-order valence-electron chi connectivity index (χ2n) is 12.4. The number of anilines is 2. The van der Waals surface area contributed by atoms with E-state index < -0.39 is 29.7 Å². The van der Waals surface area contributed by atoms with Gasteiger partial charge in [-0.2, -0.15) is 0 Å². The summed E-state index contributed by atoms with van der Waals surface area (Å²) in [5.74, 6) is -2.34. The smallest absolute Gasteiger partial charge is 0.337 e. The van der Waals surface area contributed by atoms with Crippen LogP contribution in [0.5, 0.6) is 0 Å². The van der Waals surface area contributed by atoms with Crippen LogP contribution in [-0.2, 0) is 19.1 Å². The first-order valence-electron chi connectivity index (χ1n) is 17.7. The van der Waals surface area contributed by atoms with Gasteiger partial charge in [0, 0.05) is 29.8 Å². The van der Waals surface area contributed by atoms with E-state index in [4.69, 9.17) is 10.5 Å². The Labute approximate surface area is 286 Å². The Kier molecular flexibility index (Phi) is 20.0. The van der Waals surface area contributed by atoms with Gasteiger partial charge in [-0.3, -0.25) is 19.2 Å². The molecular formula is C38H56N4O6. The van der Waals surface area contributed by atoms with Crippen LogP contribution in [0.15, 0.2) is 48.5 Å². The highest BCUT2D eigenvalue weighted by atomic mass is 16.5. The number of unbranched alkanes of at least 4 members (excludes halogenated alkanes) is 14. The number of nitrogens with two attached hydrogens (primary N) is 1. The Bertz CT molecular complexity index is 1280. The Morgan fingerprint density at radius 1 is 0.667 bits per heavy atom. The summed E-state index contributed by atoms with van der Waals surface area (Å²) in [4.78, 5) is 61.7. The first kappa shape index (κ1) is 40.0. The fourth-order valence-corrected chi connectivity index (χ4v) is 5.45. The number of benzene rings is 2. The van der Waals surface area contributed by atoms with E-state index in [1.54, 1.807) is 42.5 Å². The third kappa shape index (κ3) is 17.1. The molecule has 0 bridgehead atoms. The number of esters is 1. The molecule has 5 N–H and O–H groups in total. The highest BCUT2D eigenvalue weighted by molar-refractivity contribution is 6.02. The molecule has 48 heavy (non-hydrogen) atoms. The Hall–Kier alpha value is -4.21. The SMILES string of the molecule is CCCCCCCCCCCCCCCCCC(=O)Nc1ccc(C(=O)N[C@H](CCC(N)=O)C(=O)Nc2cccc(C(=O)OC)c2)cc1. The zero-order chi connectivity index (χ0) is 35.0. The predicted octanol–water partition coefficient (Wildman–Crippen LogP) is 7.68. The van der Waals surface area contributed by atoms with E-state index in [0.717, 1.165) is 19.3 Å². The van der Waals surface area contributed by atoms with Crippen molar-refractivity contribution in [3.63, 3.8) is 0 Å². The number of primary amides is 1. The van der Waals surface area contributed by atoms with Crippen LogP contribution in [0.1, 0.15) is 143 Å². The maximum absolute atomic E-state index is 13.0. The number of hydrogen-bond donors (Lipinski definition) is 4. The van der Waals surface area contributed by atoms with Crippen LogP contribution < -0.4 is 21.7 Å². The van der Waals surface area contributed by atoms with Gasteiger partial charge in [-0.1, -0.05) is 103 Å². The van der Waals surface area contributed by atoms with Crippen LogP contribution in [-0.4, -0.2) is 42.7 Å². The normalized spacial score (nSPS) is 11.4. The van der Waals surface area contributed by atoms with E-state index in [1.165, 1.54) is 90.2 Å². The van der Waals surface area contributed by atoms with Gasteiger partial charge in [-0.05, 0) is 55.3 Å². The molecule has 1 atom stereocenters. The number of rotatable bonds is 25. The van der Waals surface area contributed by atoms with Crippen molar-refractivity contribution in [2.24, 2.45) is 5.73 Å². The number of amides is 4. The minimum atomic E-state index is -1.07. The molecule has 0 heterocycles. The molecule has 0 saturated carbocycles. The second kappa shape index (κ2) is 24.0. The average Bonchev–Trinajstić information content (AvgIpc) is 3.08. The molecule has 2 rings (SSSR count). The standard InChI is InChI=1S/C38H56N4O6/c1-3-4-5-6-7-8-9-10-11-12-13-14-15-16-17-21-35(44)40-31-24-22-29(23-25-31)36(45)42-33(26-27-34(39)43)37(46)41-32-20-18-19-30(28-32)38(47)48-2/h18-20,22-25,28,33H,3-17,21,26-27H2,1-2H3,(H2,39,43)(H,40,44)(H,41,46)(H,42,45)/t33-/m1/s1. The molecule has 0 aliphatic rings. The van der Waals surface area contributed by atoms with Crippen molar-refractivity contribution in [2.45, 2.75) is 129 Å². The van der Waals surface area contributed by atoms with E-state index in [2.05, 4.69) is 22.9 Å². The fourth-order valence-electron chi connectivity index (χ4n) is 5.45. The van der Waals surface area contributed by atoms with Gasteiger partial charge in [0.1, 0.15) is 6.04 Å². The van der Waals surface area contributed by atoms with Crippen LogP contribution in [0.25, 0.3) is 0 Å². The average molecular weight is 665 g/mol. The molecule has 0 aromatic heterocycles. The van der Waals surface area contributed by atoms with Crippen molar-refractivity contribution in [2.75, 3.05) is 17.7 Å². The lowest BCUT2D eigenvalue weighted by Gasteiger charge is -2.18. The molecule has 2 aromatic carbocycles. The Morgan fingerprint density at radius 2 is 1.23 bits per heavy atom. The molecule has 0 radical (unpaired) electrons. The third-order valence-electron chi connectivity index (χ3n) is 8.29. The lowest BCUT2D eigenvalue weighted by molar-refractivity contribution is -0.120. The van der Waals surface area contributed by atoms with Gasteiger partial charge >= 0.3 is 5.97 Å². The summed E-state index contributed by atoms with van der Waals surface area (Å²) < 4.78 is 4.71. The van der Waals surface area contributed by atoms with Gasteiger partial charge in [0.05, 0.1) is 12.7 Å². The van der Waals surface area contributed by atoms with Crippen molar-refractivity contribution in [1.82, 2.24) is 5.32 Å². The van der Waals surface area contributed by atoms with Crippen molar-refractivity contribution in [3.8, 4) is 0 Å². The van der Waals surface area contributed by atoms with Gasteiger partial charge in [-0.25, -0.2) is 4.79 Å². The van der Waals surface area contributed by atoms with Crippen LogP contribution in [0.2, 0.25) is 0 Å². The molecule has 0 saturated heterocycles. The quantitative estimate of drug-likeness (QED) is 0.0630. The van der Waals surface area contributed by atoms with Crippen LogP contribution >= 0.6 is 0 Å². The molecule has 4 amide bonds. The molecule has 0 fully saturated rings. The van der Waals surface area contributed by atoms with Crippen molar-refractivity contribution < 1.29 is 28.7 Å². The van der Waals surface area contributed by atoms with E-state index >= 15 is 0 Å². The number of carbonyl (C=O) groups excluding carboxylic acids is 5. The van der Waals surface area contributed by atoms with Crippen molar-refractivity contribution >= 4 is 41.0 Å². The number of nitrogens with one attached hydrogen (secondary N) is 3. The van der Waals surface area contributed by atoms with E-state index in [0.29, 0.717) is 17.8 Å². The first-order chi connectivity index (χ1) is 23.2. The highest BCUT2D eigenvalue weighted by Crippen LogP contribution is 2.16. The maximum atomic E-state index is 13.0. The number of carbonyl (C=O) groups is 5.